The molecule has 20 heavy (non-hydrogen) atoms. The first-order valence-corrected chi connectivity index (χ1v) is 7.07. The van der Waals surface area contributed by atoms with Crippen LogP contribution in [0, 0.1) is 0 Å². The fourth-order valence-corrected chi connectivity index (χ4v) is 2.76. The van der Waals surface area contributed by atoms with Gasteiger partial charge in [-0.15, -0.1) is 0 Å². The average molecular weight is 319 g/mol. The van der Waals surface area contributed by atoms with Gasteiger partial charge in [0.2, 0.25) is 0 Å². The van der Waals surface area contributed by atoms with Gasteiger partial charge in [-0.2, -0.15) is 0 Å². The van der Waals surface area contributed by atoms with E-state index in [1.165, 1.54) is 0 Å². The second-order valence-corrected chi connectivity index (χ2v) is 5.68. The highest BCUT2D eigenvalue weighted by atomic mass is 35.5. The van der Waals surface area contributed by atoms with Gasteiger partial charge in [0.1, 0.15) is 6.10 Å². The third kappa shape index (κ3) is 3.09. The van der Waals surface area contributed by atoms with E-state index in [4.69, 9.17) is 37.4 Å². The first kappa shape index (κ1) is 15.6. The Kier molecular flexibility index (Phi) is 4.59. The molecule has 0 unspecified atom stereocenters. The third-order valence-corrected chi connectivity index (χ3v) is 3.56. The van der Waals surface area contributed by atoms with Crippen LogP contribution in [0.1, 0.15) is 32.4 Å². The van der Waals surface area contributed by atoms with Gasteiger partial charge in [0.15, 0.2) is 11.9 Å². The molecule has 0 radical (unpaired) electrons. The molecule has 4 nitrogen and oxygen atoms in total. The number of hydrogen-bond donors (Lipinski definition) is 0. The molecule has 6 heteroatoms. The molecule has 0 aliphatic carbocycles. The van der Waals surface area contributed by atoms with Gasteiger partial charge in [0, 0.05) is 15.6 Å². The van der Waals surface area contributed by atoms with Gasteiger partial charge >= 0.3 is 5.97 Å². The minimum atomic E-state index is -0.912. The zero-order valence-electron chi connectivity index (χ0n) is 11.5. The number of esters is 1. The maximum atomic E-state index is 12.0. The van der Waals surface area contributed by atoms with Gasteiger partial charge in [-0.25, -0.2) is 4.79 Å². The van der Waals surface area contributed by atoms with Gasteiger partial charge in [-0.05, 0) is 32.9 Å². The molecule has 1 heterocycles. The van der Waals surface area contributed by atoms with Gasteiger partial charge in [0.25, 0.3) is 0 Å². The van der Waals surface area contributed by atoms with Crippen LogP contribution in [-0.4, -0.2) is 24.5 Å². The van der Waals surface area contributed by atoms with E-state index in [-0.39, 0.29) is 6.61 Å². The lowest BCUT2D eigenvalue weighted by molar-refractivity contribution is -0.170. The molecule has 1 saturated heterocycles. The summed E-state index contributed by atoms with van der Waals surface area (Å²) in [6.45, 7) is 5.45. The lowest BCUT2D eigenvalue weighted by Gasteiger charge is -2.18. The Bertz CT molecular complexity index is 496. The maximum Gasteiger partial charge on any atom is 0.338 e. The average Bonchev–Trinajstić information content (AvgIpc) is 2.65. The Balaban J connectivity index is 2.39. The van der Waals surface area contributed by atoms with Gasteiger partial charge in [-0.3, -0.25) is 0 Å². The molecule has 1 aliphatic heterocycles. The van der Waals surface area contributed by atoms with Crippen molar-refractivity contribution < 1.29 is 19.0 Å². The lowest BCUT2D eigenvalue weighted by Crippen LogP contribution is -2.30. The highest BCUT2D eigenvalue weighted by Crippen LogP contribution is 2.43. The van der Waals surface area contributed by atoms with Gasteiger partial charge in [-0.1, -0.05) is 29.3 Å². The predicted molar refractivity (Wildman–Crippen MR) is 75.9 cm³/mol. The Labute approximate surface area is 127 Å². The van der Waals surface area contributed by atoms with E-state index < -0.39 is 24.0 Å². The zero-order valence-corrected chi connectivity index (χ0v) is 13.0. The Morgan fingerprint density at radius 2 is 1.90 bits per heavy atom. The summed E-state index contributed by atoms with van der Waals surface area (Å²) in [7, 11) is 0. The summed E-state index contributed by atoms with van der Waals surface area (Å²) in [4.78, 5) is 12.0. The van der Waals surface area contributed by atoms with Crippen molar-refractivity contribution in [3.63, 3.8) is 0 Å². The van der Waals surface area contributed by atoms with Crippen LogP contribution in [-0.2, 0) is 19.0 Å². The summed E-state index contributed by atoms with van der Waals surface area (Å²) < 4.78 is 16.4. The number of carbonyl (C=O) groups excluding carboxylic acids is 1. The smallest absolute Gasteiger partial charge is 0.338 e. The highest BCUT2D eigenvalue weighted by Gasteiger charge is 2.48. The fourth-order valence-electron chi connectivity index (χ4n) is 2.15. The van der Waals surface area contributed by atoms with Crippen molar-refractivity contribution in [2.45, 2.75) is 38.8 Å². The quantitative estimate of drug-likeness (QED) is 0.796. The second-order valence-electron chi connectivity index (χ2n) is 4.86. The predicted octanol–water partition coefficient (Wildman–Crippen LogP) is 3.75. The summed E-state index contributed by atoms with van der Waals surface area (Å²) >= 11 is 12.4. The van der Waals surface area contributed by atoms with Crippen LogP contribution < -0.4 is 0 Å². The molecule has 2 rings (SSSR count). The highest BCUT2D eigenvalue weighted by molar-refractivity contribution is 6.36. The van der Waals surface area contributed by atoms with Crippen molar-refractivity contribution in [3.8, 4) is 0 Å². The second kappa shape index (κ2) is 5.90. The van der Waals surface area contributed by atoms with E-state index >= 15 is 0 Å². The molecule has 0 saturated carbocycles. The number of ether oxygens (including phenoxy) is 3. The van der Waals surface area contributed by atoms with Crippen molar-refractivity contribution in [1.82, 2.24) is 0 Å². The van der Waals surface area contributed by atoms with Crippen LogP contribution in [0.15, 0.2) is 18.2 Å². The molecule has 1 aromatic carbocycles. The molecule has 0 amide bonds. The number of halogens is 2. The zero-order chi connectivity index (χ0) is 14.9. The lowest BCUT2D eigenvalue weighted by atomic mass is 10.0. The van der Waals surface area contributed by atoms with Crippen LogP contribution in [0.3, 0.4) is 0 Å². The summed E-state index contributed by atoms with van der Waals surface area (Å²) in [5.41, 5.74) is 0.541. The molecule has 1 aromatic rings. The van der Waals surface area contributed by atoms with Crippen LogP contribution in [0.25, 0.3) is 0 Å². The van der Waals surface area contributed by atoms with Crippen LogP contribution in [0.5, 0.6) is 0 Å². The standard InChI is InChI=1S/C14H16Cl2O4/c1-4-18-13(17)12-11(19-14(2,3)20-12)10-8(15)6-5-7-9(10)16/h5-7,11-12H,4H2,1-3H3/t11-,12+/m1/s1. The van der Waals surface area contributed by atoms with E-state index in [0.29, 0.717) is 15.6 Å². The van der Waals surface area contributed by atoms with Crippen molar-refractivity contribution in [3.05, 3.63) is 33.8 Å². The molecule has 110 valence electrons. The van der Waals surface area contributed by atoms with Crippen LogP contribution in [0.4, 0.5) is 0 Å². The first-order valence-electron chi connectivity index (χ1n) is 6.32. The summed E-state index contributed by atoms with van der Waals surface area (Å²) in [6, 6.07) is 5.12. The van der Waals surface area contributed by atoms with Crippen LogP contribution >= 0.6 is 23.2 Å². The van der Waals surface area contributed by atoms with E-state index in [9.17, 15) is 4.79 Å². The third-order valence-electron chi connectivity index (χ3n) is 2.90. The number of hydrogen-bond acceptors (Lipinski definition) is 4. The molecule has 0 aromatic heterocycles. The molecule has 0 N–H and O–H groups in total. The van der Waals surface area contributed by atoms with E-state index in [1.807, 2.05) is 0 Å². The number of carbonyl (C=O) groups is 1. The van der Waals surface area contributed by atoms with Gasteiger partial charge < -0.3 is 14.2 Å². The van der Waals surface area contributed by atoms with Crippen molar-refractivity contribution in [2.75, 3.05) is 6.61 Å². The topological polar surface area (TPSA) is 44.8 Å². The Hall–Kier alpha value is -0.810. The molecule has 2 atom stereocenters. The van der Waals surface area contributed by atoms with E-state index in [2.05, 4.69) is 0 Å². The van der Waals surface area contributed by atoms with E-state index in [1.54, 1.807) is 39.0 Å². The molecule has 1 aliphatic rings. The van der Waals surface area contributed by atoms with Crippen LogP contribution in [0.2, 0.25) is 10.0 Å². The molecular formula is C14H16Cl2O4. The Morgan fingerprint density at radius 1 is 1.30 bits per heavy atom. The largest absolute Gasteiger partial charge is 0.464 e. The number of rotatable bonds is 3. The van der Waals surface area contributed by atoms with E-state index in [0.717, 1.165) is 0 Å². The molecule has 1 fully saturated rings. The molecule has 0 spiro atoms. The first-order chi connectivity index (χ1) is 9.35. The molecule has 0 bridgehead atoms. The monoisotopic (exact) mass is 318 g/mol. The SMILES string of the molecule is CCOC(=O)[C@H]1OC(C)(C)O[C@@H]1c1c(Cl)cccc1Cl. The van der Waals surface area contributed by atoms with Crippen molar-refractivity contribution in [1.29, 1.82) is 0 Å². The fraction of sp³-hybridized carbons (Fsp3) is 0.500. The summed E-state index contributed by atoms with van der Waals surface area (Å²) in [5.74, 6) is -1.40. The maximum absolute atomic E-state index is 12.0. The minimum Gasteiger partial charge on any atom is -0.464 e. The normalized spacial score (nSPS) is 24.6. The Morgan fingerprint density at radius 3 is 2.45 bits per heavy atom. The molecular weight excluding hydrogens is 303 g/mol. The van der Waals surface area contributed by atoms with Crippen molar-refractivity contribution in [2.24, 2.45) is 0 Å². The van der Waals surface area contributed by atoms with Gasteiger partial charge in [0.05, 0.1) is 6.61 Å². The minimum absolute atomic E-state index is 0.266. The summed E-state index contributed by atoms with van der Waals surface area (Å²) in [5, 5.41) is 0.858. The number of benzene rings is 1. The van der Waals surface area contributed by atoms with Crippen molar-refractivity contribution >= 4 is 29.2 Å². The summed E-state index contributed by atoms with van der Waals surface area (Å²) in [6.07, 6.45) is -1.58.